The van der Waals surface area contributed by atoms with Crippen LogP contribution >= 0.6 is 11.3 Å². The van der Waals surface area contributed by atoms with E-state index in [1.807, 2.05) is 0 Å². The van der Waals surface area contributed by atoms with Crippen LogP contribution in [-0.4, -0.2) is 53.1 Å². The second-order valence-corrected chi connectivity index (χ2v) is 9.14. The van der Waals surface area contributed by atoms with Gasteiger partial charge in [0.05, 0.1) is 11.0 Å². The number of urea groups is 1. The highest BCUT2D eigenvalue weighted by Gasteiger charge is 2.38. The van der Waals surface area contributed by atoms with Gasteiger partial charge in [0.25, 0.3) is 0 Å². The van der Waals surface area contributed by atoms with Crippen molar-refractivity contribution in [3.63, 3.8) is 0 Å². The molecule has 1 saturated carbocycles. The highest BCUT2D eigenvalue weighted by atomic mass is 32.2. The van der Waals surface area contributed by atoms with E-state index in [0.29, 0.717) is 11.0 Å². The summed E-state index contributed by atoms with van der Waals surface area (Å²) in [6, 6.07) is -0.651. The van der Waals surface area contributed by atoms with Gasteiger partial charge in [-0.1, -0.05) is 11.3 Å². The average Bonchev–Trinajstić information content (AvgIpc) is 3.17. The Balaban J connectivity index is 1.67. The van der Waals surface area contributed by atoms with Crippen molar-refractivity contribution in [2.45, 2.75) is 43.9 Å². The Morgan fingerprint density at radius 3 is 2.71 bits per heavy atom. The Labute approximate surface area is 127 Å². The molecule has 1 aliphatic heterocycles. The van der Waals surface area contributed by atoms with Crippen LogP contribution in [0.5, 0.6) is 0 Å². The first kappa shape index (κ1) is 14.7. The van der Waals surface area contributed by atoms with Crippen LogP contribution in [0.2, 0.25) is 0 Å². The van der Waals surface area contributed by atoms with Crippen LogP contribution in [0.4, 0.5) is 9.93 Å². The molecule has 21 heavy (non-hydrogen) atoms. The van der Waals surface area contributed by atoms with Crippen molar-refractivity contribution in [2.75, 3.05) is 17.6 Å². The van der Waals surface area contributed by atoms with Crippen molar-refractivity contribution >= 4 is 32.3 Å². The van der Waals surface area contributed by atoms with Crippen molar-refractivity contribution in [2.24, 2.45) is 0 Å². The fourth-order valence-corrected chi connectivity index (χ4v) is 4.87. The Kier molecular flexibility index (Phi) is 3.64. The van der Waals surface area contributed by atoms with Gasteiger partial charge < -0.3 is 4.90 Å². The van der Waals surface area contributed by atoms with Crippen molar-refractivity contribution in [3.8, 4) is 0 Å². The number of aromatic nitrogens is 2. The first-order chi connectivity index (χ1) is 9.88. The Hall–Kier alpha value is -1.22. The summed E-state index contributed by atoms with van der Waals surface area (Å²) in [5.74, 6) is 0.516. The Morgan fingerprint density at radius 2 is 2.05 bits per heavy atom. The number of sulfone groups is 1. The maximum Gasteiger partial charge on any atom is 0.324 e. The third kappa shape index (κ3) is 2.89. The van der Waals surface area contributed by atoms with Crippen LogP contribution in [0.15, 0.2) is 0 Å². The molecule has 0 bridgehead atoms. The van der Waals surface area contributed by atoms with E-state index in [0.717, 1.165) is 17.8 Å². The summed E-state index contributed by atoms with van der Waals surface area (Å²) < 4.78 is 23.7. The minimum absolute atomic E-state index is 0.00930. The highest BCUT2D eigenvalue weighted by molar-refractivity contribution is 7.92. The van der Waals surface area contributed by atoms with Gasteiger partial charge in [-0.05, 0) is 26.7 Å². The molecule has 0 spiro atoms. The molecule has 116 valence electrons. The number of hydrogen-bond acceptors (Lipinski definition) is 6. The van der Waals surface area contributed by atoms with Crippen LogP contribution < -0.4 is 5.32 Å². The predicted molar refractivity (Wildman–Crippen MR) is 80.3 cm³/mol. The van der Waals surface area contributed by atoms with E-state index in [1.165, 1.54) is 11.3 Å². The van der Waals surface area contributed by atoms with Crippen molar-refractivity contribution < 1.29 is 13.2 Å². The molecule has 3 rings (SSSR count). The number of carbonyl (C=O) groups excluding carboxylic acids is 1. The third-order valence-electron chi connectivity index (χ3n) is 4.20. The summed E-state index contributed by atoms with van der Waals surface area (Å²) in [6.45, 7) is 3.63. The van der Waals surface area contributed by atoms with Crippen molar-refractivity contribution in [1.82, 2.24) is 15.1 Å². The molecule has 1 saturated heterocycles. The van der Waals surface area contributed by atoms with Gasteiger partial charge in [-0.15, -0.1) is 10.2 Å². The number of anilines is 1. The predicted octanol–water partition coefficient (Wildman–Crippen LogP) is 1.45. The minimum Gasteiger partial charge on any atom is -0.319 e. The second-order valence-electron chi connectivity index (χ2n) is 5.66. The van der Waals surface area contributed by atoms with Crippen LogP contribution in [0, 0.1) is 0 Å². The normalized spacial score (nSPS) is 28.4. The molecule has 0 radical (unpaired) electrons. The van der Waals surface area contributed by atoms with Gasteiger partial charge in [0.15, 0.2) is 9.84 Å². The number of hydrogen-bond donors (Lipinski definition) is 1. The SMILES string of the molecule is C[C@@H]1[C@H](C)S(=O)(=O)CCN1C(=O)Nc1nnc(C2CC2)s1. The number of carbonyl (C=O) groups is 1. The maximum absolute atomic E-state index is 12.3. The number of nitrogens with zero attached hydrogens (tertiary/aromatic N) is 3. The summed E-state index contributed by atoms with van der Waals surface area (Å²) in [5.41, 5.74) is 0. The van der Waals surface area contributed by atoms with E-state index in [-0.39, 0.29) is 24.4 Å². The van der Waals surface area contributed by atoms with E-state index in [4.69, 9.17) is 0 Å². The molecule has 1 aromatic heterocycles. The zero-order chi connectivity index (χ0) is 15.2. The average molecular weight is 330 g/mol. The van der Waals surface area contributed by atoms with E-state index >= 15 is 0 Å². The van der Waals surface area contributed by atoms with Crippen LogP contribution in [-0.2, 0) is 9.84 Å². The fraction of sp³-hybridized carbons (Fsp3) is 0.750. The Morgan fingerprint density at radius 1 is 1.33 bits per heavy atom. The summed E-state index contributed by atoms with van der Waals surface area (Å²) in [4.78, 5) is 13.8. The number of amides is 2. The molecular weight excluding hydrogens is 312 g/mol. The lowest BCUT2D eigenvalue weighted by atomic mass is 10.2. The molecule has 2 heterocycles. The van der Waals surface area contributed by atoms with Crippen LogP contribution in [0.3, 0.4) is 0 Å². The van der Waals surface area contributed by atoms with E-state index in [9.17, 15) is 13.2 Å². The standard InChI is InChI=1S/C12H18N4O3S2/c1-7-8(2)21(18,19)6-5-16(7)12(17)13-11-15-14-10(20-11)9-3-4-9/h7-9H,3-6H2,1-2H3,(H,13,15,17)/t7-,8+/m1/s1. The summed E-state index contributed by atoms with van der Waals surface area (Å²) in [6.07, 6.45) is 2.28. The smallest absolute Gasteiger partial charge is 0.319 e. The second kappa shape index (κ2) is 5.20. The van der Waals surface area contributed by atoms with E-state index in [2.05, 4.69) is 15.5 Å². The lowest BCUT2D eigenvalue weighted by Gasteiger charge is -2.37. The number of rotatable bonds is 2. The summed E-state index contributed by atoms with van der Waals surface area (Å²) >= 11 is 1.40. The third-order valence-corrected chi connectivity index (χ3v) is 7.48. The molecule has 1 aromatic rings. The lowest BCUT2D eigenvalue weighted by Crippen LogP contribution is -2.55. The summed E-state index contributed by atoms with van der Waals surface area (Å²) in [5, 5.41) is 11.7. The van der Waals surface area contributed by atoms with Gasteiger partial charge in [-0.3, -0.25) is 5.32 Å². The zero-order valence-electron chi connectivity index (χ0n) is 11.9. The zero-order valence-corrected chi connectivity index (χ0v) is 13.6. The molecule has 0 aromatic carbocycles. The van der Waals surface area contributed by atoms with Crippen molar-refractivity contribution in [3.05, 3.63) is 5.01 Å². The van der Waals surface area contributed by atoms with E-state index < -0.39 is 15.1 Å². The van der Waals surface area contributed by atoms with Gasteiger partial charge in [-0.25, -0.2) is 13.2 Å². The molecule has 2 atom stereocenters. The minimum atomic E-state index is -3.10. The fourth-order valence-electron chi connectivity index (χ4n) is 2.40. The molecular formula is C12H18N4O3S2. The van der Waals surface area contributed by atoms with Gasteiger partial charge in [0.1, 0.15) is 5.01 Å². The molecule has 7 nitrogen and oxygen atoms in total. The molecule has 2 fully saturated rings. The molecule has 1 aliphatic carbocycles. The van der Waals surface area contributed by atoms with Gasteiger partial charge in [0.2, 0.25) is 5.13 Å². The molecule has 2 aliphatic rings. The van der Waals surface area contributed by atoms with Crippen LogP contribution in [0.1, 0.15) is 37.6 Å². The van der Waals surface area contributed by atoms with Gasteiger partial charge >= 0.3 is 6.03 Å². The first-order valence-corrected chi connectivity index (χ1v) is 9.54. The quantitative estimate of drug-likeness (QED) is 0.886. The topological polar surface area (TPSA) is 92.3 Å². The molecule has 0 unspecified atom stereocenters. The lowest BCUT2D eigenvalue weighted by molar-refractivity contribution is 0.191. The monoisotopic (exact) mass is 330 g/mol. The van der Waals surface area contributed by atoms with Crippen LogP contribution in [0.25, 0.3) is 0 Å². The largest absolute Gasteiger partial charge is 0.324 e. The highest BCUT2D eigenvalue weighted by Crippen LogP contribution is 2.42. The molecule has 9 heteroatoms. The van der Waals surface area contributed by atoms with Gasteiger partial charge in [0, 0.05) is 18.5 Å². The summed E-state index contributed by atoms with van der Waals surface area (Å²) in [7, 11) is -3.10. The molecule has 2 amide bonds. The first-order valence-electron chi connectivity index (χ1n) is 7.01. The van der Waals surface area contributed by atoms with E-state index in [1.54, 1.807) is 18.7 Å². The number of nitrogens with one attached hydrogen (secondary N) is 1. The molecule has 1 N–H and O–H groups in total. The maximum atomic E-state index is 12.3. The van der Waals surface area contributed by atoms with Crippen molar-refractivity contribution in [1.29, 1.82) is 0 Å². The Bertz CT molecular complexity index is 653. The van der Waals surface area contributed by atoms with Gasteiger partial charge in [-0.2, -0.15) is 0 Å².